The summed E-state index contributed by atoms with van der Waals surface area (Å²) in [6, 6.07) is 27.2. The first-order valence-electron chi connectivity index (χ1n) is 9.04. The number of rotatable bonds is 3. The van der Waals surface area contributed by atoms with E-state index in [1.165, 1.54) is 41.1 Å². The molecule has 1 fully saturated rings. The minimum atomic E-state index is -1.77. The number of ether oxygens (including phenoxy) is 1. The quantitative estimate of drug-likeness (QED) is 0.674. The third-order valence-electron chi connectivity index (χ3n) is 5.79. The Bertz CT molecular complexity index is 861. The van der Waals surface area contributed by atoms with Crippen molar-refractivity contribution >= 4 is 29.2 Å². The summed E-state index contributed by atoms with van der Waals surface area (Å²) in [6.45, 7) is 2.36. The van der Waals surface area contributed by atoms with Crippen molar-refractivity contribution in [3.8, 4) is 5.75 Å². The van der Waals surface area contributed by atoms with E-state index in [2.05, 4.69) is 78.7 Å². The number of nitrogens with zero attached hydrogens (tertiary/aromatic N) is 1. The number of hydrogen-bond acceptors (Lipinski definition) is 2. The highest BCUT2D eigenvalue weighted by molar-refractivity contribution is 7.03. The second-order valence-corrected chi connectivity index (χ2v) is 11.4. The van der Waals surface area contributed by atoms with E-state index in [-0.39, 0.29) is 0 Å². The molecule has 0 N–H and O–H groups in total. The number of fused-ring (bicyclic) bond motifs is 1. The number of methoxy groups -OCH3 is 1. The molecule has 4 rings (SSSR count). The zero-order chi connectivity index (χ0) is 17.3. The van der Waals surface area contributed by atoms with E-state index in [1.807, 2.05) is 0 Å². The van der Waals surface area contributed by atoms with Crippen molar-refractivity contribution in [3.63, 3.8) is 0 Å². The largest absolute Gasteiger partial charge is 0.497 e. The molecule has 3 aromatic carbocycles. The second-order valence-electron chi connectivity index (χ2n) is 7.14. The summed E-state index contributed by atoms with van der Waals surface area (Å²) in [5.74, 6) is 0.943. The van der Waals surface area contributed by atoms with E-state index in [4.69, 9.17) is 4.74 Å². The maximum atomic E-state index is 5.39. The molecule has 1 saturated heterocycles. The van der Waals surface area contributed by atoms with Gasteiger partial charge in [0.25, 0.3) is 0 Å². The van der Waals surface area contributed by atoms with E-state index >= 15 is 0 Å². The molecule has 0 atom stereocenters. The maximum absolute atomic E-state index is 5.39. The maximum Gasteiger partial charge on any atom is 0.121 e. The van der Waals surface area contributed by atoms with Crippen molar-refractivity contribution in [2.75, 3.05) is 27.2 Å². The van der Waals surface area contributed by atoms with Crippen LogP contribution in [-0.4, -0.2) is 40.2 Å². The van der Waals surface area contributed by atoms with Crippen molar-refractivity contribution in [1.82, 2.24) is 4.90 Å². The first-order chi connectivity index (χ1) is 12.2. The van der Waals surface area contributed by atoms with Gasteiger partial charge in [-0.05, 0) is 60.3 Å². The molecular formula is C22H25NOSi. The Hall–Kier alpha value is -2.10. The summed E-state index contributed by atoms with van der Waals surface area (Å²) in [6.07, 6.45) is 0. The minimum absolute atomic E-state index is 0.943. The van der Waals surface area contributed by atoms with Crippen LogP contribution in [0.5, 0.6) is 5.75 Å². The summed E-state index contributed by atoms with van der Waals surface area (Å²) in [7, 11) is 2.21. The predicted molar refractivity (Wildman–Crippen MR) is 109 cm³/mol. The van der Waals surface area contributed by atoms with Gasteiger partial charge in [-0.15, -0.1) is 0 Å². The Kier molecular flexibility index (Phi) is 4.36. The molecule has 1 heterocycles. The Morgan fingerprint density at radius 3 is 2.24 bits per heavy atom. The van der Waals surface area contributed by atoms with Crippen molar-refractivity contribution in [1.29, 1.82) is 0 Å². The molecule has 2 nitrogen and oxygen atoms in total. The fourth-order valence-corrected chi connectivity index (χ4v) is 9.43. The highest BCUT2D eigenvalue weighted by Crippen LogP contribution is 2.26. The van der Waals surface area contributed by atoms with Crippen LogP contribution in [-0.2, 0) is 0 Å². The highest BCUT2D eigenvalue weighted by Gasteiger charge is 2.40. The van der Waals surface area contributed by atoms with Gasteiger partial charge in [0.05, 0.1) is 7.11 Å². The molecule has 0 spiro atoms. The number of hydrogen-bond donors (Lipinski definition) is 0. The fraction of sp³-hybridized carbons (Fsp3) is 0.273. The average molecular weight is 348 g/mol. The van der Waals surface area contributed by atoms with E-state index in [1.54, 1.807) is 12.3 Å². The van der Waals surface area contributed by atoms with Crippen LogP contribution in [0.4, 0.5) is 0 Å². The van der Waals surface area contributed by atoms with Crippen LogP contribution in [0.2, 0.25) is 12.1 Å². The third-order valence-corrected chi connectivity index (χ3v) is 10.8. The standard InChI is InChI=1S/C22H25NOSi/c1-23-14-16-25(17-15-23,20-12-10-19(24-2)11-13-20)22-9-5-7-18-6-3-4-8-21(18)22/h3-13H,14-17H2,1-2H3. The van der Waals surface area contributed by atoms with Crippen LogP contribution in [0.25, 0.3) is 10.8 Å². The lowest BCUT2D eigenvalue weighted by molar-refractivity contribution is 0.357. The fourth-order valence-electron chi connectivity index (χ4n) is 4.27. The summed E-state index contributed by atoms with van der Waals surface area (Å²) < 4.78 is 5.39. The normalized spacial score (nSPS) is 17.5. The van der Waals surface area contributed by atoms with Crippen LogP contribution in [0.15, 0.2) is 66.7 Å². The van der Waals surface area contributed by atoms with Gasteiger partial charge in [-0.1, -0.05) is 59.8 Å². The van der Waals surface area contributed by atoms with Gasteiger partial charge in [-0.2, -0.15) is 0 Å². The molecule has 3 heteroatoms. The van der Waals surface area contributed by atoms with Gasteiger partial charge >= 0.3 is 0 Å². The molecule has 0 saturated carbocycles. The molecule has 25 heavy (non-hydrogen) atoms. The average Bonchev–Trinajstić information content (AvgIpc) is 2.69. The van der Waals surface area contributed by atoms with Gasteiger partial charge in [-0.25, -0.2) is 0 Å². The first kappa shape index (κ1) is 16.4. The van der Waals surface area contributed by atoms with Crippen LogP contribution in [0.1, 0.15) is 0 Å². The molecular weight excluding hydrogens is 322 g/mol. The minimum Gasteiger partial charge on any atom is -0.497 e. The molecule has 0 bridgehead atoms. The van der Waals surface area contributed by atoms with E-state index in [9.17, 15) is 0 Å². The lowest BCUT2D eigenvalue weighted by atomic mass is 10.1. The monoisotopic (exact) mass is 347 g/mol. The molecule has 1 aliphatic rings. The highest BCUT2D eigenvalue weighted by atomic mass is 28.3. The first-order valence-corrected chi connectivity index (χ1v) is 11.5. The van der Waals surface area contributed by atoms with Crippen molar-refractivity contribution in [3.05, 3.63) is 66.7 Å². The lowest BCUT2D eigenvalue weighted by Gasteiger charge is -2.40. The van der Waals surface area contributed by atoms with E-state index < -0.39 is 8.07 Å². The lowest BCUT2D eigenvalue weighted by Crippen LogP contribution is -2.63. The van der Waals surface area contributed by atoms with Gasteiger partial charge in [-0.3, -0.25) is 0 Å². The topological polar surface area (TPSA) is 12.5 Å². The molecule has 0 aromatic heterocycles. The molecule has 0 radical (unpaired) electrons. The smallest absolute Gasteiger partial charge is 0.121 e. The second kappa shape index (κ2) is 6.66. The van der Waals surface area contributed by atoms with Gasteiger partial charge in [0.1, 0.15) is 13.8 Å². The zero-order valence-corrected chi connectivity index (χ0v) is 16.0. The number of benzene rings is 3. The van der Waals surface area contributed by atoms with Gasteiger partial charge in [0, 0.05) is 0 Å². The third kappa shape index (κ3) is 2.88. The van der Waals surface area contributed by atoms with Crippen molar-refractivity contribution in [2.24, 2.45) is 0 Å². The SMILES string of the molecule is COc1ccc([Si]2(c3cccc4ccccc34)CCN(C)CC2)cc1. The summed E-state index contributed by atoms with van der Waals surface area (Å²) in [5, 5.41) is 5.94. The van der Waals surface area contributed by atoms with Gasteiger partial charge in [0.2, 0.25) is 0 Å². The van der Waals surface area contributed by atoms with E-state index in [0.717, 1.165) is 5.75 Å². The molecule has 0 amide bonds. The molecule has 0 unspecified atom stereocenters. The van der Waals surface area contributed by atoms with Crippen LogP contribution < -0.4 is 15.1 Å². The molecule has 0 aliphatic carbocycles. The zero-order valence-electron chi connectivity index (χ0n) is 15.0. The van der Waals surface area contributed by atoms with Gasteiger partial charge in [0.15, 0.2) is 0 Å². The van der Waals surface area contributed by atoms with Crippen LogP contribution >= 0.6 is 0 Å². The Labute approximate surface area is 151 Å². The Balaban J connectivity index is 1.91. The Morgan fingerprint density at radius 1 is 0.840 bits per heavy atom. The van der Waals surface area contributed by atoms with Gasteiger partial charge < -0.3 is 9.64 Å². The van der Waals surface area contributed by atoms with Crippen LogP contribution in [0, 0.1) is 0 Å². The Morgan fingerprint density at radius 2 is 1.52 bits per heavy atom. The van der Waals surface area contributed by atoms with Crippen molar-refractivity contribution < 1.29 is 4.74 Å². The molecule has 128 valence electrons. The summed E-state index contributed by atoms with van der Waals surface area (Å²) >= 11 is 0. The molecule has 1 aliphatic heterocycles. The molecule has 3 aromatic rings. The van der Waals surface area contributed by atoms with Crippen molar-refractivity contribution in [2.45, 2.75) is 12.1 Å². The predicted octanol–water partition coefficient (Wildman–Crippen LogP) is 3.36. The van der Waals surface area contributed by atoms with Crippen LogP contribution in [0.3, 0.4) is 0 Å². The van der Waals surface area contributed by atoms with E-state index in [0.29, 0.717) is 0 Å². The summed E-state index contributed by atoms with van der Waals surface area (Å²) in [4.78, 5) is 2.47. The summed E-state index contributed by atoms with van der Waals surface area (Å²) in [5.41, 5.74) is 0.